The van der Waals surface area contributed by atoms with Crippen LogP contribution in [0.15, 0.2) is 12.1 Å². The van der Waals surface area contributed by atoms with Gasteiger partial charge in [-0.15, -0.1) is 11.6 Å². The van der Waals surface area contributed by atoms with Crippen LogP contribution in [0, 0.1) is 0 Å². The van der Waals surface area contributed by atoms with E-state index in [1.165, 1.54) is 19.2 Å². The number of hydrogen-bond acceptors (Lipinski definition) is 3. The first-order valence-electron chi connectivity index (χ1n) is 4.74. The van der Waals surface area contributed by atoms with E-state index >= 15 is 0 Å². The first-order chi connectivity index (χ1) is 7.99. The summed E-state index contributed by atoms with van der Waals surface area (Å²) in [5.74, 6) is -0.172. The Bertz CT molecular complexity index is 449. The summed E-state index contributed by atoms with van der Waals surface area (Å²) in [5, 5.41) is -0.344. The molecular formula is C11H11Cl2NO3. The number of halogens is 2. The molecule has 1 amide bonds. The second-order valence-corrected chi connectivity index (χ2v) is 4.31. The molecule has 1 rings (SSSR count). The van der Waals surface area contributed by atoms with Gasteiger partial charge in [0.05, 0.1) is 18.1 Å². The number of primary amides is 1. The Kier molecular flexibility index (Phi) is 4.78. The first kappa shape index (κ1) is 13.8. The largest absolute Gasteiger partial charge is 0.496 e. The number of amides is 1. The number of aldehydes is 1. The third-order valence-corrected chi connectivity index (χ3v) is 2.91. The quantitative estimate of drug-likeness (QED) is 0.662. The maximum atomic E-state index is 10.8. The lowest BCUT2D eigenvalue weighted by atomic mass is 10.1. The van der Waals surface area contributed by atoms with Crippen molar-refractivity contribution in [3.05, 3.63) is 28.3 Å². The normalized spacial score (nSPS) is 11.9. The molecule has 0 heterocycles. The van der Waals surface area contributed by atoms with E-state index in [1.54, 1.807) is 0 Å². The predicted octanol–water partition coefficient (Wildman–Crippen LogP) is 2.32. The average molecular weight is 276 g/mol. The van der Waals surface area contributed by atoms with E-state index in [9.17, 15) is 9.59 Å². The van der Waals surface area contributed by atoms with Crippen molar-refractivity contribution in [1.82, 2.24) is 0 Å². The summed E-state index contributed by atoms with van der Waals surface area (Å²) in [6.45, 7) is 0. The Morgan fingerprint density at radius 3 is 2.71 bits per heavy atom. The van der Waals surface area contributed by atoms with Gasteiger partial charge in [0, 0.05) is 11.4 Å². The van der Waals surface area contributed by atoms with Gasteiger partial charge in [-0.1, -0.05) is 11.6 Å². The molecule has 0 aromatic heterocycles. The summed E-state index contributed by atoms with van der Waals surface area (Å²) in [5.41, 5.74) is 5.89. The van der Waals surface area contributed by atoms with Gasteiger partial charge in [0.15, 0.2) is 6.29 Å². The van der Waals surface area contributed by atoms with E-state index in [-0.39, 0.29) is 6.42 Å². The van der Waals surface area contributed by atoms with Crippen molar-refractivity contribution in [3.63, 3.8) is 0 Å². The zero-order valence-corrected chi connectivity index (χ0v) is 10.6. The van der Waals surface area contributed by atoms with Crippen LogP contribution < -0.4 is 10.5 Å². The van der Waals surface area contributed by atoms with Crippen LogP contribution in [0.25, 0.3) is 0 Å². The summed E-state index contributed by atoms with van der Waals surface area (Å²) < 4.78 is 5.02. The fourth-order valence-electron chi connectivity index (χ4n) is 1.38. The molecule has 2 N–H and O–H groups in total. The Hall–Kier alpha value is -1.26. The molecule has 0 fully saturated rings. The minimum absolute atomic E-state index is 0.0368. The molecule has 0 saturated carbocycles. The lowest BCUT2D eigenvalue weighted by molar-refractivity contribution is -0.118. The molecule has 17 heavy (non-hydrogen) atoms. The number of carbonyl (C=O) groups excluding carboxylic acids is 2. The Balaban J connectivity index is 3.16. The summed E-state index contributed by atoms with van der Waals surface area (Å²) in [6.07, 6.45) is 0.594. The first-order valence-corrected chi connectivity index (χ1v) is 5.56. The molecule has 0 spiro atoms. The van der Waals surface area contributed by atoms with Crippen LogP contribution in [0.5, 0.6) is 5.75 Å². The number of methoxy groups -OCH3 is 1. The summed E-state index contributed by atoms with van der Waals surface area (Å²) >= 11 is 12.0. The SMILES string of the molecule is COc1cc(C(Cl)CC(N)=O)c(Cl)cc1C=O. The number of carbonyl (C=O) groups is 2. The molecule has 4 nitrogen and oxygen atoms in total. The summed E-state index contributed by atoms with van der Waals surface area (Å²) in [6, 6.07) is 2.98. The molecule has 0 aliphatic carbocycles. The lowest BCUT2D eigenvalue weighted by Crippen LogP contribution is -2.13. The number of nitrogens with two attached hydrogens (primary N) is 1. The van der Waals surface area contributed by atoms with Crippen molar-refractivity contribution in [3.8, 4) is 5.75 Å². The smallest absolute Gasteiger partial charge is 0.219 e. The minimum Gasteiger partial charge on any atom is -0.496 e. The van der Waals surface area contributed by atoms with Crippen molar-refractivity contribution >= 4 is 35.4 Å². The van der Waals surface area contributed by atoms with Gasteiger partial charge >= 0.3 is 0 Å². The van der Waals surface area contributed by atoms with Crippen molar-refractivity contribution < 1.29 is 14.3 Å². The molecule has 1 unspecified atom stereocenters. The van der Waals surface area contributed by atoms with E-state index in [4.69, 9.17) is 33.7 Å². The summed E-state index contributed by atoms with van der Waals surface area (Å²) in [4.78, 5) is 21.5. The van der Waals surface area contributed by atoms with E-state index in [0.717, 1.165) is 0 Å². The highest BCUT2D eigenvalue weighted by Gasteiger charge is 2.17. The van der Waals surface area contributed by atoms with Crippen LogP contribution in [-0.2, 0) is 4.79 Å². The Labute approximate surface area is 109 Å². The molecule has 6 heteroatoms. The van der Waals surface area contributed by atoms with Crippen LogP contribution in [0.2, 0.25) is 5.02 Å². The highest BCUT2D eigenvalue weighted by atomic mass is 35.5. The molecule has 1 atom stereocenters. The topological polar surface area (TPSA) is 69.4 Å². The standard InChI is InChI=1S/C11H11Cl2NO3/c1-17-10-3-7(9(13)4-11(14)16)8(12)2-6(10)5-15/h2-3,5,9H,4H2,1H3,(H2,14,16). The monoisotopic (exact) mass is 275 g/mol. The lowest BCUT2D eigenvalue weighted by Gasteiger charge is -2.13. The molecule has 0 saturated heterocycles. The van der Waals surface area contributed by atoms with Gasteiger partial charge in [0.25, 0.3) is 0 Å². The maximum Gasteiger partial charge on any atom is 0.219 e. The zero-order chi connectivity index (χ0) is 13.0. The minimum atomic E-state index is -0.644. The zero-order valence-electron chi connectivity index (χ0n) is 9.07. The molecule has 0 aliphatic heterocycles. The second kappa shape index (κ2) is 5.89. The highest BCUT2D eigenvalue weighted by Crippen LogP contribution is 2.34. The van der Waals surface area contributed by atoms with Crippen molar-refractivity contribution in [1.29, 1.82) is 0 Å². The highest BCUT2D eigenvalue weighted by molar-refractivity contribution is 6.33. The number of ether oxygens (including phenoxy) is 1. The summed E-state index contributed by atoms with van der Waals surface area (Å²) in [7, 11) is 1.43. The van der Waals surface area contributed by atoms with Crippen molar-refractivity contribution in [2.24, 2.45) is 5.73 Å². The van der Waals surface area contributed by atoms with Crippen LogP contribution in [-0.4, -0.2) is 19.3 Å². The van der Waals surface area contributed by atoms with Crippen LogP contribution >= 0.6 is 23.2 Å². The number of benzene rings is 1. The van der Waals surface area contributed by atoms with E-state index < -0.39 is 11.3 Å². The van der Waals surface area contributed by atoms with Crippen LogP contribution in [0.3, 0.4) is 0 Å². The van der Waals surface area contributed by atoms with Crippen molar-refractivity contribution in [2.75, 3.05) is 7.11 Å². The van der Waals surface area contributed by atoms with Gasteiger partial charge in [-0.3, -0.25) is 9.59 Å². The predicted molar refractivity (Wildman–Crippen MR) is 65.8 cm³/mol. The number of hydrogen-bond donors (Lipinski definition) is 1. The average Bonchev–Trinajstić information content (AvgIpc) is 2.27. The number of rotatable bonds is 5. The Morgan fingerprint density at radius 2 is 2.24 bits per heavy atom. The third kappa shape index (κ3) is 3.35. The number of alkyl halides is 1. The molecule has 0 aliphatic rings. The van der Waals surface area contributed by atoms with Gasteiger partial charge in [-0.05, 0) is 17.7 Å². The van der Waals surface area contributed by atoms with Gasteiger partial charge in [-0.25, -0.2) is 0 Å². The van der Waals surface area contributed by atoms with Gasteiger partial charge in [0.2, 0.25) is 5.91 Å². The van der Waals surface area contributed by atoms with Gasteiger partial charge in [-0.2, -0.15) is 0 Å². The molecule has 0 bridgehead atoms. The van der Waals surface area contributed by atoms with Crippen LogP contribution in [0.1, 0.15) is 27.7 Å². The van der Waals surface area contributed by atoms with E-state index in [2.05, 4.69) is 0 Å². The van der Waals surface area contributed by atoms with Crippen LogP contribution in [0.4, 0.5) is 0 Å². The maximum absolute atomic E-state index is 10.8. The Morgan fingerprint density at radius 1 is 1.59 bits per heavy atom. The van der Waals surface area contributed by atoms with E-state index in [1.807, 2.05) is 0 Å². The second-order valence-electron chi connectivity index (χ2n) is 3.37. The molecule has 1 aromatic carbocycles. The molecule has 1 aromatic rings. The molecule has 0 radical (unpaired) electrons. The van der Waals surface area contributed by atoms with Gasteiger partial charge in [0.1, 0.15) is 5.75 Å². The van der Waals surface area contributed by atoms with Gasteiger partial charge < -0.3 is 10.5 Å². The fraction of sp³-hybridized carbons (Fsp3) is 0.273. The molecular weight excluding hydrogens is 265 g/mol. The van der Waals surface area contributed by atoms with E-state index in [0.29, 0.717) is 28.2 Å². The van der Waals surface area contributed by atoms with Crippen molar-refractivity contribution in [2.45, 2.75) is 11.8 Å². The fourth-order valence-corrected chi connectivity index (χ4v) is 2.07. The molecule has 92 valence electrons. The third-order valence-electron chi connectivity index (χ3n) is 2.19.